The van der Waals surface area contributed by atoms with Gasteiger partial charge in [0.05, 0.1) is 12.9 Å². The summed E-state index contributed by atoms with van der Waals surface area (Å²) in [5.74, 6) is 1.02. The lowest BCUT2D eigenvalue weighted by molar-refractivity contribution is 0.282. The molecule has 0 atom stereocenters. The first-order valence-electron chi connectivity index (χ1n) is 7.26. The molecule has 0 spiro atoms. The molecule has 2 heterocycles. The van der Waals surface area contributed by atoms with Gasteiger partial charge in [-0.25, -0.2) is 0 Å². The van der Waals surface area contributed by atoms with E-state index in [9.17, 15) is 5.11 Å². The fourth-order valence-corrected chi connectivity index (χ4v) is 2.64. The van der Waals surface area contributed by atoms with Crippen molar-refractivity contribution < 1.29 is 13.9 Å². The molecule has 0 aliphatic rings. The molecule has 0 bridgehead atoms. The third-order valence-electron chi connectivity index (χ3n) is 3.77. The molecule has 0 saturated heterocycles. The fourth-order valence-electron chi connectivity index (χ4n) is 2.64. The number of hydrogen-bond acceptors (Lipinski definition) is 5. The average Bonchev–Trinajstić information content (AvgIpc) is 3.20. The number of furan rings is 1. The van der Waals surface area contributed by atoms with Crippen LogP contribution in [-0.4, -0.2) is 15.3 Å². The van der Waals surface area contributed by atoms with Crippen LogP contribution in [0.15, 0.2) is 57.6 Å². The highest BCUT2D eigenvalue weighted by molar-refractivity contribution is 5.96. The minimum Gasteiger partial charge on any atom is -0.464 e. The van der Waals surface area contributed by atoms with Gasteiger partial charge in [-0.3, -0.25) is 0 Å². The van der Waals surface area contributed by atoms with Gasteiger partial charge < -0.3 is 13.9 Å². The van der Waals surface area contributed by atoms with Gasteiger partial charge in [-0.2, -0.15) is 0 Å². The lowest BCUT2D eigenvalue weighted by Crippen LogP contribution is -1.84. The van der Waals surface area contributed by atoms with Crippen molar-refractivity contribution in [2.24, 2.45) is 0 Å². The fraction of sp³-hybridized carbons (Fsp3) is 0.111. The average molecular weight is 306 g/mol. The highest BCUT2D eigenvalue weighted by atomic mass is 16.4. The highest BCUT2D eigenvalue weighted by Crippen LogP contribution is 2.33. The van der Waals surface area contributed by atoms with Crippen molar-refractivity contribution in [1.82, 2.24) is 10.2 Å². The number of aliphatic hydroxyl groups is 1. The maximum Gasteiger partial charge on any atom is 0.247 e. The quantitative estimate of drug-likeness (QED) is 0.620. The number of fused-ring (bicyclic) bond motifs is 1. The summed E-state index contributed by atoms with van der Waals surface area (Å²) in [5.41, 5.74) is 4.46. The van der Waals surface area contributed by atoms with Gasteiger partial charge in [-0.15, -0.1) is 10.2 Å². The van der Waals surface area contributed by atoms with Gasteiger partial charge in [0, 0.05) is 23.4 Å². The Hall–Kier alpha value is -2.92. The van der Waals surface area contributed by atoms with Crippen LogP contribution in [0.2, 0.25) is 0 Å². The van der Waals surface area contributed by atoms with Crippen molar-refractivity contribution in [3.8, 4) is 22.6 Å². The molecule has 5 heteroatoms. The van der Waals surface area contributed by atoms with Crippen molar-refractivity contribution in [3.05, 3.63) is 60.2 Å². The number of nitrogens with zero attached hydrogens (tertiary/aromatic N) is 2. The van der Waals surface area contributed by atoms with Crippen molar-refractivity contribution >= 4 is 11.0 Å². The van der Waals surface area contributed by atoms with E-state index in [-0.39, 0.29) is 6.61 Å². The van der Waals surface area contributed by atoms with Crippen molar-refractivity contribution in [2.75, 3.05) is 0 Å². The molecule has 114 valence electrons. The molecule has 0 aliphatic heterocycles. The molecule has 4 rings (SSSR count). The van der Waals surface area contributed by atoms with Gasteiger partial charge in [0.2, 0.25) is 11.8 Å². The minimum atomic E-state index is 0.0101. The summed E-state index contributed by atoms with van der Waals surface area (Å²) in [4.78, 5) is 0. The van der Waals surface area contributed by atoms with E-state index in [0.717, 1.165) is 33.2 Å². The van der Waals surface area contributed by atoms with E-state index in [0.29, 0.717) is 11.8 Å². The first kappa shape index (κ1) is 13.7. The third kappa shape index (κ3) is 2.41. The lowest BCUT2D eigenvalue weighted by atomic mass is 10.0. The van der Waals surface area contributed by atoms with Crippen LogP contribution in [0.3, 0.4) is 0 Å². The summed E-state index contributed by atoms with van der Waals surface area (Å²) in [6.45, 7) is 1.77. The van der Waals surface area contributed by atoms with Crippen LogP contribution < -0.4 is 0 Å². The van der Waals surface area contributed by atoms with E-state index in [1.165, 1.54) is 0 Å². The topological polar surface area (TPSA) is 72.3 Å². The Balaban J connectivity index is 1.87. The second kappa shape index (κ2) is 5.37. The summed E-state index contributed by atoms with van der Waals surface area (Å²) in [7, 11) is 0. The third-order valence-corrected chi connectivity index (χ3v) is 3.77. The SMILES string of the molecule is Cc1nnc(-c2ccc3occ(-c4cccc(CO)c4)c3c2)o1. The molecule has 0 amide bonds. The zero-order valence-corrected chi connectivity index (χ0v) is 12.5. The molecule has 4 aromatic rings. The van der Waals surface area contributed by atoms with Crippen molar-refractivity contribution in [2.45, 2.75) is 13.5 Å². The molecule has 2 aromatic heterocycles. The Bertz CT molecular complexity index is 985. The monoisotopic (exact) mass is 306 g/mol. The minimum absolute atomic E-state index is 0.0101. The van der Waals surface area contributed by atoms with E-state index in [4.69, 9.17) is 8.83 Å². The van der Waals surface area contributed by atoms with Crippen LogP contribution >= 0.6 is 0 Å². The first-order valence-corrected chi connectivity index (χ1v) is 7.26. The molecule has 23 heavy (non-hydrogen) atoms. The molecule has 0 aliphatic carbocycles. The van der Waals surface area contributed by atoms with Gasteiger partial charge in [0.25, 0.3) is 0 Å². The summed E-state index contributed by atoms with van der Waals surface area (Å²) in [5, 5.41) is 18.2. The molecule has 0 radical (unpaired) electrons. The second-order valence-corrected chi connectivity index (χ2v) is 5.35. The lowest BCUT2D eigenvalue weighted by Gasteiger charge is -2.02. The van der Waals surface area contributed by atoms with Crippen LogP contribution in [0, 0.1) is 6.92 Å². The normalized spacial score (nSPS) is 11.2. The zero-order chi connectivity index (χ0) is 15.8. The molecular weight excluding hydrogens is 292 g/mol. The molecular formula is C18H14N2O3. The Morgan fingerprint density at radius 1 is 1.04 bits per heavy atom. The molecule has 1 N–H and O–H groups in total. The maximum absolute atomic E-state index is 9.32. The number of rotatable bonds is 3. The van der Waals surface area contributed by atoms with Crippen LogP contribution in [0.4, 0.5) is 0 Å². The van der Waals surface area contributed by atoms with Crippen LogP contribution in [0.25, 0.3) is 33.6 Å². The number of aromatic nitrogens is 2. The second-order valence-electron chi connectivity index (χ2n) is 5.35. The van der Waals surface area contributed by atoms with Gasteiger partial charge in [0.1, 0.15) is 5.58 Å². The predicted octanol–water partition coefficient (Wildman–Crippen LogP) is 3.95. The smallest absolute Gasteiger partial charge is 0.247 e. The Morgan fingerprint density at radius 2 is 1.96 bits per heavy atom. The van der Waals surface area contributed by atoms with E-state index in [1.807, 2.05) is 42.5 Å². The molecule has 0 fully saturated rings. The van der Waals surface area contributed by atoms with Crippen LogP contribution in [0.5, 0.6) is 0 Å². The molecule has 5 nitrogen and oxygen atoms in total. The van der Waals surface area contributed by atoms with Gasteiger partial charge >= 0.3 is 0 Å². The first-order chi connectivity index (χ1) is 11.2. The number of aliphatic hydroxyl groups excluding tert-OH is 1. The zero-order valence-electron chi connectivity index (χ0n) is 12.5. The van der Waals surface area contributed by atoms with Gasteiger partial charge in [0.15, 0.2) is 0 Å². The Kier molecular flexibility index (Phi) is 3.20. The summed E-state index contributed by atoms with van der Waals surface area (Å²) >= 11 is 0. The Morgan fingerprint density at radius 3 is 2.74 bits per heavy atom. The van der Waals surface area contributed by atoms with E-state index in [1.54, 1.807) is 13.2 Å². The van der Waals surface area contributed by atoms with Crippen LogP contribution in [0.1, 0.15) is 11.5 Å². The molecule has 0 saturated carbocycles. The van der Waals surface area contributed by atoms with Crippen molar-refractivity contribution in [1.29, 1.82) is 0 Å². The van der Waals surface area contributed by atoms with Gasteiger partial charge in [-0.1, -0.05) is 18.2 Å². The van der Waals surface area contributed by atoms with E-state index in [2.05, 4.69) is 10.2 Å². The highest BCUT2D eigenvalue weighted by Gasteiger charge is 2.12. The predicted molar refractivity (Wildman–Crippen MR) is 85.6 cm³/mol. The molecule has 2 aromatic carbocycles. The van der Waals surface area contributed by atoms with E-state index >= 15 is 0 Å². The van der Waals surface area contributed by atoms with E-state index < -0.39 is 0 Å². The van der Waals surface area contributed by atoms with Crippen molar-refractivity contribution in [3.63, 3.8) is 0 Å². The number of benzene rings is 2. The summed E-state index contributed by atoms with van der Waals surface area (Å²) < 4.78 is 11.1. The summed E-state index contributed by atoms with van der Waals surface area (Å²) in [6.07, 6.45) is 1.73. The number of hydrogen-bond donors (Lipinski definition) is 1. The largest absolute Gasteiger partial charge is 0.464 e. The standard InChI is InChI=1S/C18H14N2O3/c1-11-19-20-18(23-11)14-5-6-17-15(8-14)16(10-22-17)13-4-2-3-12(7-13)9-21/h2-8,10,21H,9H2,1H3. The maximum atomic E-state index is 9.32. The van der Waals surface area contributed by atoms with Gasteiger partial charge in [-0.05, 0) is 35.4 Å². The summed E-state index contributed by atoms with van der Waals surface area (Å²) in [6, 6.07) is 13.5. The molecule has 0 unspecified atom stereocenters. The Labute approximate surface area is 132 Å². The number of aryl methyl sites for hydroxylation is 1. The van der Waals surface area contributed by atoms with Crippen LogP contribution in [-0.2, 0) is 6.61 Å².